The van der Waals surface area contributed by atoms with E-state index in [0.717, 1.165) is 21.9 Å². The first kappa shape index (κ1) is 11.8. The number of anilines is 3. The Labute approximate surface area is 106 Å². The monoisotopic (exact) mass is 296 g/mol. The molecule has 1 aromatic carbocycles. The highest BCUT2D eigenvalue weighted by molar-refractivity contribution is 9.10. The van der Waals surface area contributed by atoms with Crippen LogP contribution in [0.5, 0.6) is 0 Å². The second-order valence-corrected chi connectivity index (χ2v) is 4.37. The molecule has 0 atom stereocenters. The van der Waals surface area contributed by atoms with Crippen LogP contribution in [0.1, 0.15) is 5.56 Å². The molecule has 3 N–H and O–H groups in total. The summed E-state index contributed by atoms with van der Waals surface area (Å²) in [6, 6.07) is 5.57. The summed E-state index contributed by atoms with van der Waals surface area (Å²) in [6.45, 7) is 1.94. The van der Waals surface area contributed by atoms with E-state index in [-0.39, 0.29) is 11.8 Å². The van der Waals surface area contributed by atoms with Crippen molar-refractivity contribution < 1.29 is 4.39 Å². The number of aromatic nitrogens is 2. The molecular weight excluding hydrogens is 287 g/mol. The van der Waals surface area contributed by atoms with Gasteiger partial charge in [-0.15, -0.1) is 0 Å². The lowest BCUT2D eigenvalue weighted by Gasteiger charge is -2.08. The van der Waals surface area contributed by atoms with Gasteiger partial charge in [0.25, 0.3) is 0 Å². The van der Waals surface area contributed by atoms with E-state index in [1.165, 1.54) is 0 Å². The Bertz CT molecular complexity index is 559. The molecular formula is C11H10BrFN4. The minimum absolute atomic E-state index is 0.0303. The Kier molecular flexibility index (Phi) is 3.23. The van der Waals surface area contributed by atoms with Crippen LogP contribution in [0.4, 0.5) is 21.8 Å². The molecule has 0 unspecified atom stereocenters. The van der Waals surface area contributed by atoms with E-state index < -0.39 is 5.82 Å². The predicted octanol–water partition coefficient (Wildman–Crippen LogP) is 3.01. The van der Waals surface area contributed by atoms with Crippen molar-refractivity contribution in [3.63, 3.8) is 0 Å². The number of halogens is 2. The molecule has 17 heavy (non-hydrogen) atoms. The van der Waals surface area contributed by atoms with Gasteiger partial charge in [-0.2, -0.15) is 4.98 Å². The van der Waals surface area contributed by atoms with Crippen LogP contribution in [0.2, 0.25) is 0 Å². The topological polar surface area (TPSA) is 63.8 Å². The van der Waals surface area contributed by atoms with Gasteiger partial charge in [0.1, 0.15) is 0 Å². The Balaban J connectivity index is 2.31. The lowest BCUT2D eigenvalue weighted by atomic mass is 10.2. The SMILES string of the molecule is Cc1cc(Nc2nc(N)ncc2F)ccc1Br. The van der Waals surface area contributed by atoms with E-state index in [1.54, 1.807) is 0 Å². The van der Waals surface area contributed by atoms with Gasteiger partial charge in [0.2, 0.25) is 5.95 Å². The van der Waals surface area contributed by atoms with E-state index in [0.29, 0.717) is 0 Å². The van der Waals surface area contributed by atoms with Crippen LogP contribution in [0.25, 0.3) is 0 Å². The van der Waals surface area contributed by atoms with Crippen LogP contribution >= 0.6 is 15.9 Å². The number of benzene rings is 1. The minimum atomic E-state index is -0.542. The number of hydrogen-bond donors (Lipinski definition) is 2. The van der Waals surface area contributed by atoms with Gasteiger partial charge >= 0.3 is 0 Å². The Hall–Kier alpha value is -1.69. The molecule has 0 radical (unpaired) electrons. The van der Waals surface area contributed by atoms with Crippen molar-refractivity contribution >= 4 is 33.4 Å². The quantitative estimate of drug-likeness (QED) is 0.894. The normalized spacial score (nSPS) is 10.3. The third-order valence-corrected chi connectivity index (χ3v) is 3.07. The van der Waals surface area contributed by atoms with Gasteiger partial charge in [-0.3, -0.25) is 0 Å². The molecule has 6 heteroatoms. The van der Waals surface area contributed by atoms with Crippen LogP contribution in [-0.2, 0) is 0 Å². The average molecular weight is 297 g/mol. The van der Waals surface area contributed by atoms with Crippen LogP contribution in [0, 0.1) is 12.7 Å². The van der Waals surface area contributed by atoms with Crippen LogP contribution in [0.3, 0.4) is 0 Å². The third-order valence-electron chi connectivity index (χ3n) is 2.18. The van der Waals surface area contributed by atoms with Gasteiger partial charge in [-0.1, -0.05) is 15.9 Å². The van der Waals surface area contributed by atoms with E-state index in [2.05, 4.69) is 31.2 Å². The summed E-state index contributed by atoms with van der Waals surface area (Å²) in [5.74, 6) is -0.443. The Morgan fingerprint density at radius 1 is 1.41 bits per heavy atom. The van der Waals surface area contributed by atoms with Gasteiger partial charge in [0, 0.05) is 10.2 Å². The average Bonchev–Trinajstić information content (AvgIpc) is 2.29. The van der Waals surface area contributed by atoms with Crippen molar-refractivity contribution in [2.75, 3.05) is 11.1 Å². The van der Waals surface area contributed by atoms with Crippen molar-refractivity contribution in [2.24, 2.45) is 0 Å². The molecule has 88 valence electrons. The van der Waals surface area contributed by atoms with E-state index in [4.69, 9.17) is 5.73 Å². The van der Waals surface area contributed by atoms with Crippen molar-refractivity contribution in [1.82, 2.24) is 9.97 Å². The number of rotatable bonds is 2. The standard InChI is InChI=1S/C11H10BrFN4/c1-6-4-7(2-3-8(6)12)16-10-9(13)5-15-11(14)17-10/h2-5H,1H3,(H3,14,15,16,17). The molecule has 0 aliphatic rings. The van der Waals surface area contributed by atoms with Crippen molar-refractivity contribution in [2.45, 2.75) is 6.92 Å². The molecule has 2 rings (SSSR count). The van der Waals surface area contributed by atoms with Crippen LogP contribution in [-0.4, -0.2) is 9.97 Å². The third kappa shape index (κ3) is 2.71. The zero-order valence-corrected chi connectivity index (χ0v) is 10.6. The maximum absolute atomic E-state index is 13.4. The molecule has 0 amide bonds. The first-order chi connectivity index (χ1) is 8.06. The highest BCUT2D eigenvalue weighted by atomic mass is 79.9. The molecule has 0 bridgehead atoms. The summed E-state index contributed by atoms with van der Waals surface area (Å²) in [5.41, 5.74) is 7.18. The molecule has 0 fully saturated rings. The summed E-state index contributed by atoms with van der Waals surface area (Å²) in [4.78, 5) is 7.35. The van der Waals surface area contributed by atoms with Gasteiger partial charge < -0.3 is 11.1 Å². The summed E-state index contributed by atoms with van der Waals surface area (Å²) in [7, 11) is 0. The molecule has 1 aromatic heterocycles. The highest BCUT2D eigenvalue weighted by Gasteiger charge is 2.06. The molecule has 4 nitrogen and oxygen atoms in total. The highest BCUT2D eigenvalue weighted by Crippen LogP contribution is 2.23. The summed E-state index contributed by atoms with van der Waals surface area (Å²) in [5, 5.41) is 2.85. The molecule has 0 aliphatic carbocycles. The van der Waals surface area contributed by atoms with E-state index >= 15 is 0 Å². The number of nitrogens with two attached hydrogens (primary N) is 1. The largest absolute Gasteiger partial charge is 0.368 e. The second-order valence-electron chi connectivity index (χ2n) is 3.51. The van der Waals surface area contributed by atoms with Gasteiger partial charge in [0.05, 0.1) is 6.20 Å². The molecule has 0 saturated heterocycles. The smallest absolute Gasteiger partial charge is 0.222 e. The van der Waals surface area contributed by atoms with Crippen molar-refractivity contribution in [1.29, 1.82) is 0 Å². The maximum atomic E-state index is 13.4. The van der Waals surface area contributed by atoms with Crippen molar-refractivity contribution in [3.8, 4) is 0 Å². The summed E-state index contributed by atoms with van der Waals surface area (Å²) < 4.78 is 14.4. The number of hydrogen-bond acceptors (Lipinski definition) is 4. The molecule has 2 aromatic rings. The predicted molar refractivity (Wildman–Crippen MR) is 68.6 cm³/mol. The number of aryl methyl sites for hydroxylation is 1. The first-order valence-corrected chi connectivity index (χ1v) is 5.67. The molecule has 0 aliphatic heterocycles. The van der Waals surface area contributed by atoms with E-state index in [9.17, 15) is 4.39 Å². The van der Waals surface area contributed by atoms with Gasteiger partial charge in [-0.05, 0) is 30.7 Å². The summed E-state index contributed by atoms with van der Waals surface area (Å²) >= 11 is 3.39. The lowest BCUT2D eigenvalue weighted by Crippen LogP contribution is -2.02. The molecule has 1 heterocycles. The first-order valence-electron chi connectivity index (χ1n) is 4.87. The van der Waals surface area contributed by atoms with Crippen LogP contribution < -0.4 is 11.1 Å². The second kappa shape index (κ2) is 4.67. The van der Waals surface area contributed by atoms with E-state index in [1.807, 2.05) is 25.1 Å². The fourth-order valence-corrected chi connectivity index (χ4v) is 1.57. The fourth-order valence-electron chi connectivity index (χ4n) is 1.33. The molecule has 0 saturated carbocycles. The zero-order valence-electron chi connectivity index (χ0n) is 9.04. The summed E-state index contributed by atoms with van der Waals surface area (Å²) in [6.07, 6.45) is 1.04. The Morgan fingerprint density at radius 3 is 2.88 bits per heavy atom. The minimum Gasteiger partial charge on any atom is -0.368 e. The fraction of sp³-hybridized carbons (Fsp3) is 0.0909. The van der Waals surface area contributed by atoms with Crippen LogP contribution in [0.15, 0.2) is 28.9 Å². The number of nitrogen functional groups attached to an aromatic ring is 1. The van der Waals surface area contributed by atoms with Gasteiger partial charge in [-0.25, -0.2) is 9.37 Å². The Morgan fingerprint density at radius 2 is 2.18 bits per heavy atom. The zero-order chi connectivity index (χ0) is 12.4. The number of nitrogens with one attached hydrogen (secondary N) is 1. The lowest BCUT2D eigenvalue weighted by molar-refractivity contribution is 0.620. The molecule has 0 spiro atoms. The maximum Gasteiger partial charge on any atom is 0.222 e. The number of nitrogens with zero attached hydrogens (tertiary/aromatic N) is 2. The van der Waals surface area contributed by atoms with Crippen molar-refractivity contribution in [3.05, 3.63) is 40.2 Å². The van der Waals surface area contributed by atoms with Gasteiger partial charge in [0.15, 0.2) is 11.6 Å².